The fraction of sp³-hybridized carbons (Fsp3) is 0.867. The molecule has 2 saturated heterocycles. The number of aromatic nitrogens is 2. The van der Waals surface area contributed by atoms with Gasteiger partial charge in [0.05, 0.1) is 11.9 Å². The first-order valence-electron chi connectivity index (χ1n) is 8.26. The van der Waals surface area contributed by atoms with Crippen molar-refractivity contribution in [1.29, 1.82) is 0 Å². The molecular weight excluding hydrogens is 318 g/mol. The van der Waals surface area contributed by atoms with Gasteiger partial charge in [-0.3, -0.25) is 0 Å². The third kappa shape index (κ3) is 3.59. The van der Waals surface area contributed by atoms with Crippen LogP contribution in [-0.4, -0.2) is 54.4 Å². The van der Waals surface area contributed by atoms with Gasteiger partial charge in [-0.1, -0.05) is 19.0 Å². The molecule has 0 spiro atoms. The highest BCUT2D eigenvalue weighted by Gasteiger charge is 2.44. The van der Waals surface area contributed by atoms with Gasteiger partial charge in [0.2, 0.25) is 15.9 Å². The molecule has 3 heterocycles. The molecule has 1 aromatic heterocycles. The average molecular weight is 343 g/mol. The van der Waals surface area contributed by atoms with Crippen LogP contribution >= 0.6 is 0 Å². The van der Waals surface area contributed by atoms with Crippen molar-refractivity contribution in [3.05, 3.63) is 11.7 Å². The molecule has 23 heavy (non-hydrogen) atoms. The van der Waals surface area contributed by atoms with E-state index >= 15 is 0 Å². The van der Waals surface area contributed by atoms with Crippen LogP contribution in [0.5, 0.6) is 0 Å². The van der Waals surface area contributed by atoms with Crippen LogP contribution in [0.15, 0.2) is 4.52 Å². The first kappa shape index (κ1) is 16.9. The van der Waals surface area contributed by atoms with Crippen LogP contribution in [0.4, 0.5) is 0 Å². The summed E-state index contributed by atoms with van der Waals surface area (Å²) in [5.74, 6) is 1.70. The number of piperidine rings is 1. The maximum absolute atomic E-state index is 12.6. The smallest absolute Gasteiger partial charge is 0.230 e. The van der Waals surface area contributed by atoms with Crippen LogP contribution in [-0.2, 0) is 14.8 Å². The topological polar surface area (TPSA) is 85.5 Å². The second kappa shape index (κ2) is 6.49. The molecule has 130 valence electrons. The minimum atomic E-state index is -3.22. The quantitative estimate of drug-likeness (QED) is 0.825. The number of nitrogens with zero attached hydrogens (tertiary/aromatic N) is 3. The van der Waals surface area contributed by atoms with E-state index in [1.807, 2.05) is 13.8 Å². The standard InChI is InChI=1S/C15H25N3O4S/c1-10(2)9-23(19,20)18-6-4-14-13(8-18)12(5-7-21-14)15-16-11(3)17-22-15/h10,12-14H,4-9H2,1-3H3/t12-,13-,14-/m1/s1. The number of fused-ring (bicyclic) bond motifs is 1. The van der Waals surface area contributed by atoms with Crippen molar-refractivity contribution in [3.8, 4) is 0 Å². The van der Waals surface area contributed by atoms with Crippen molar-refractivity contribution in [2.24, 2.45) is 11.8 Å². The van der Waals surface area contributed by atoms with Gasteiger partial charge in [0.25, 0.3) is 0 Å². The molecule has 2 fully saturated rings. The van der Waals surface area contributed by atoms with Crippen LogP contribution in [0, 0.1) is 18.8 Å². The van der Waals surface area contributed by atoms with Gasteiger partial charge in [-0.15, -0.1) is 0 Å². The highest BCUT2D eigenvalue weighted by atomic mass is 32.2. The van der Waals surface area contributed by atoms with Crippen molar-refractivity contribution in [2.75, 3.05) is 25.4 Å². The molecule has 0 unspecified atom stereocenters. The summed E-state index contributed by atoms with van der Waals surface area (Å²) in [6.07, 6.45) is 1.60. The lowest BCUT2D eigenvalue weighted by atomic mass is 9.80. The maximum Gasteiger partial charge on any atom is 0.230 e. The summed E-state index contributed by atoms with van der Waals surface area (Å²) >= 11 is 0. The number of rotatable bonds is 4. The van der Waals surface area contributed by atoms with Crippen molar-refractivity contribution >= 4 is 10.0 Å². The molecule has 8 heteroatoms. The Labute approximate surface area is 137 Å². The number of hydrogen-bond acceptors (Lipinski definition) is 6. The Bertz CT molecular complexity index is 643. The van der Waals surface area contributed by atoms with Gasteiger partial charge < -0.3 is 9.26 Å². The van der Waals surface area contributed by atoms with Crippen molar-refractivity contribution in [3.63, 3.8) is 0 Å². The summed E-state index contributed by atoms with van der Waals surface area (Å²) in [6.45, 7) is 7.32. The average Bonchev–Trinajstić information content (AvgIpc) is 2.91. The Morgan fingerprint density at radius 2 is 2.13 bits per heavy atom. The minimum absolute atomic E-state index is 0.0754. The first-order valence-corrected chi connectivity index (χ1v) is 9.87. The second-order valence-electron chi connectivity index (χ2n) is 6.97. The molecule has 3 rings (SSSR count). The van der Waals surface area contributed by atoms with E-state index in [1.165, 1.54) is 0 Å². The summed E-state index contributed by atoms with van der Waals surface area (Å²) in [4.78, 5) is 4.36. The lowest BCUT2D eigenvalue weighted by molar-refractivity contribution is -0.0692. The Hall–Kier alpha value is -0.990. The summed E-state index contributed by atoms with van der Waals surface area (Å²) in [6, 6.07) is 0. The molecule has 0 N–H and O–H groups in total. The SMILES string of the molecule is Cc1noc([C@@H]2CCO[C@@H]3CCN(S(=O)(=O)CC(C)C)C[C@@H]32)n1. The zero-order valence-corrected chi connectivity index (χ0v) is 14.8. The van der Waals surface area contributed by atoms with Gasteiger partial charge in [-0.05, 0) is 25.7 Å². The molecule has 0 saturated carbocycles. The lowest BCUT2D eigenvalue weighted by Crippen LogP contribution is -2.51. The van der Waals surface area contributed by atoms with Crippen LogP contribution in [0.25, 0.3) is 0 Å². The first-order chi connectivity index (χ1) is 10.9. The zero-order chi connectivity index (χ0) is 16.6. The lowest BCUT2D eigenvalue weighted by Gasteiger charge is -2.43. The van der Waals surface area contributed by atoms with Crippen LogP contribution < -0.4 is 0 Å². The van der Waals surface area contributed by atoms with Crippen LogP contribution in [0.3, 0.4) is 0 Å². The third-order valence-corrected chi connectivity index (χ3v) is 6.84. The Morgan fingerprint density at radius 3 is 2.78 bits per heavy atom. The highest BCUT2D eigenvalue weighted by Crippen LogP contribution is 2.39. The Balaban J connectivity index is 1.79. The number of aryl methyl sites for hydroxylation is 1. The number of sulfonamides is 1. The summed E-state index contributed by atoms with van der Waals surface area (Å²) in [5.41, 5.74) is 0. The predicted molar refractivity (Wildman–Crippen MR) is 84.4 cm³/mol. The molecule has 2 aliphatic rings. The Kier molecular flexibility index (Phi) is 4.75. The Morgan fingerprint density at radius 1 is 1.35 bits per heavy atom. The number of ether oxygens (including phenoxy) is 1. The number of hydrogen-bond donors (Lipinski definition) is 0. The van der Waals surface area contributed by atoms with E-state index in [2.05, 4.69) is 10.1 Å². The van der Waals surface area contributed by atoms with E-state index in [9.17, 15) is 8.42 Å². The highest BCUT2D eigenvalue weighted by molar-refractivity contribution is 7.89. The minimum Gasteiger partial charge on any atom is -0.378 e. The van der Waals surface area contributed by atoms with E-state index in [1.54, 1.807) is 11.2 Å². The van der Waals surface area contributed by atoms with Gasteiger partial charge in [-0.25, -0.2) is 12.7 Å². The van der Waals surface area contributed by atoms with E-state index in [4.69, 9.17) is 9.26 Å². The molecule has 0 bridgehead atoms. The summed E-state index contributed by atoms with van der Waals surface area (Å²) in [7, 11) is -3.22. The molecule has 0 aliphatic carbocycles. The van der Waals surface area contributed by atoms with Gasteiger partial charge in [0, 0.05) is 31.5 Å². The molecule has 0 radical (unpaired) electrons. The van der Waals surface area contributed by atoms with Gasteiger partial charge in [0.1, 0.15) is 0 Å². The normalized spacial score (nSPS) is 29.7. The molecule has 7 nitrogen and oxygen atoms in total. The van der Waals surface area contributed by atoms with Crippen molar-refractivity contribution in [1.82, 2.24) is 14.4 Å². The van der Waals surface area contributed by atoms with E-state index in [0.29, 0.717) is 31.4 Å². The molecule has 1 aromatic rings. The van der Waals surface area contributed by atoms with E-state index < -0.39 is 10.0 Å². The van der Waals surface area contributed by atoms with Gasteiger partial charge >= 0.3 is 0 Å². The molecule has 0 amide bonds. The second-order valence-corrected chi connectivity index (χ2v) is 8.98. The van der Waals surface area contributed by atoms with Crippen molar-refractivity contribution < 1.29 is 17.7 Å². The predicted octanol–water partition coefficient (Wildman–Crippen LogP) is 1.56. The molecule has 3 atom stereocenters. The van der Waals surface area contributed by atoms with Crippen molar-refractivity contribution in [2.45, 2.75) is 45.6 Å². The van der Waals surface area contributed by atoms with E-state index in [-0.39, 0.29) is 29.6 Å². The molecular formula is C15H25N3O4S. The largest absolute Gasteiger partial charge is 0.378 e. The monoisotopic (exact) mass is 343 g/mol. The van der Waals surface area contributed by atoms with Gasteiger partial charge in [-0.2, -0.15) is 4.98 Å². The van der Waals surface area contributed by atoms with Crippen LogP contribution in [0.1, 0.15) is 44.3 Å². The maximum atomic E-state index is 12.6. The van der Waals surface area contributed by atoms with Crippen LogP contribution in [0.2, 0.25) is 0 Å². The zero-order valence-electron chi connectivity index (χ0n) is 13.9. The third-order valence-electron chi connectivity index (χ3n) is 4.63. The summed E-state index contributed by atoms with van der Waals surface area (Å²) in [5, 5.41) is 3.88. The van der Waals surface area contributed by atoms with Gasteiger partial charge in [0.15, 0.2) is 5.82 Å². The van der Waals surface area contributed by atoms with E-state index in [0.717, 1.165) is 12.8 Å². The fourth-order valence-electron chi connectivity index (χ4n) is 3.63. The molecule has 2 aliphatic heterocycles. The summed E-state index contributed by atoms with van der Waals surface area (Å²) < 4.78 is 38.0. The fourth-order valence-corrected chi connectivity index (χ4v) is 5.47. The molecule has 0 aromatic carbocycles.